The van der Waals surface area contributed by atoms with Gasteiger partial charge in [0.05, 0.1) is 23.6 Å². The van der Waals surface area contributed by atoms with E-state index >= 15 is 0 Å². The standard InChI is InChI=1S/C28H28F7NO6S/c1-24(2,3)42-23(38)36-14-13-25(43(39,40)19-9-5-16(6-10-19)22(37)41-4)20-11-8-18(15-17(20)7-12-21(25)36)26(29,27(30,31)32)28(33,34)35/h5-6,8-11,15,21H,7,12-14H2,1-4H3. The highest BCUT2D eigenvalue weighted by atomic mass is 32.2. The van der Waals surface area contributed by atoms with Crippen LogP contribution in [0.2, 0.25) is 0 Å². The van der Waals surface area contributed by atoms with Gasteiger partial charge in [-0.05, 0) is 75.4 Å². The molecule has 1 aliphatic heterocycles. The van der Waals surface area contributed by atoms with E-state index < -0.39 is 61.9 Å². The summed E-state index contributed by atoms with van der Waals surface area (Å²) in [5.74, 6) is -0.753. The van der Waals surface area contributed by atoms with Crippen molar-refractivity contribution in [1.29, 1.82) is 0 Å². The van der Waals surface area contributed by atoms with Crippen LogP contribution in [-0.4, -0.2) is 63.0 Å². The maximum Gasteiger partial charge on any atom is 0.435 e. The minimum absolute atomic E-state index is 0.0181. The first-order valence-corrected chi connectivity index (χ1v) is 14.5. The number of hydrogen-bond acceptors (Lipinski definition) is 6. The quantitative estimate of drug-likeness (QED) is 0.285. The van der Waals surface area contributed by atoms with Crippen molar-refractivity contribution < 1.29 is 58.2 Å². The molecule has 1 heterocycles. The molecule has 43 heavy (non-hydrogen) atoms. The van der Waals surface area contributed by atoms with Gasteiger partial charge in [0, 0.05) is 12.1 Å². The van der Waals surface area contributed by atoms with E-state index in [1.807, 2.05) is 0 Å². The number of sulfone groups is 1. The van der Waals surface area contributed by atoms with E-state index in [0.29, 0.717) is 6.07 Å². The number of esters is 1. The zero-order chi connectivity index (χ0) is 32.4. The van der Waals surface area contributed by atoms with Crippen molar-refractivity contribution in [3.8, 4) is 0 Å². The maximum atomic E-state index is 15.0. The molecule has 1 saturated heterocycles. The van der Waals surface area contributed by atoms with E-state index in [0.717, 1.165) is 25.3 Å². The molecule has 0 aromatic heterocycles. The Morgan fingerprint density at radius 3 is 2.02 bits per heavy atom. The van der Waals surface area contributed by atoms with Crippen molar-refractivity contribution in [3.63, 3.8) is 0 Å². The molecule has 2 aliphatic rings. The van der Waals surface area contributed by atoms with Gasteiger partial charge in [0.25, 0.3) is 0 Å². The molecule has 0 radical (unpaired) electrons. The normalized spacial score (nSPS) is 21.2. The Hall–Kier alpha value is -3.36. The molecule has 1 amide bonds. The number of aryl methyl sites for hydroxylation is 1. The molecule has 0 saturated carbocycles. The Labute approximate surface area is 242 Å². The number of ether oxygens (including phenoxy) is 2. The van der Waals surface area contributed by atoms with Crippen LogP contribution in [0.15, 0.2) is 47.4 Å². The summed E-state index contributed by atoms with van der Waals surface area (Å²) >= 11 is 0. The molecule has 2 aromatic carbocycles. The fraction of sp³-hybridized carbons (Fsp3) is 0.500. The van der Waals surface area contributed by atoms with Crippen LogP contribution in [0.25, 0.3) is 0 Å². The Balaban J connectivity index is 1.93. The number of carbonyl (C=O) groups excluding carboxylic acids is 2. The second kappa shape index (κ2) is 10.4. The lowest BCUT2D eigenvalue weighted by Crippen LogP contribution is -2.53. The average Bonchev–Trinajstić information content (AvgIpc) is 3.31. The lowest BCUT2D eigenvalue weighted by Gasteiger charge is -2.43. The second-order valence-corrected chi connectivity index (χ2v) is 13.6. The predicted molar refractivity (Wildman–Crippen MR) is 138 cm³/mol. The Bertz CT molecular complexity index is 1520. The highest BCUT2D eigenvalue weighted by Gasteiger charge is 2.74. The zero-order valence-electron chi connectivity index (χ0n) is 23.4. The molecule has 2 unspecified atom stereocenters. The smallest absolute Gasteiger partial charge is 0.435 e. The molecule has 1 fully saturated rings. The molecule has 7 nitrogen and oxygen atoms in total. The molecular formula is C28H28F7NO6S. The monoisotopic (exact) mass is 639 g/mol. The molecule has 236 valence electrons. The summed E-state index contributed by atoms with van der Waals surface area (Å²) < 4.78 is 133. The van der Waals surface area contributed by atoms with Crippen LogP contribution in [0, 0.1) is 0 Å². The van der Waals surface area contributed by atoms with E-state index in [1.54, 1.807) is 20.8 Å². The zero-order valence-corrected chi connectivity index (χ0v) is 24.2. The van der Waals surface area contributed by atoms with Crippen molar-refractivity contribution in [1.82, 2.24) is 4.90 Å². The summed E-state index contributed by atoms with van der Waals surface area (Å²) in [5.41, 5.74) is -8.77. The first-order chi connectivity index (χ1) is 19.6. The highest BCUT2D eigenvalue weighted by Crippen LogP contribution is 2.56. The summed E-state index contributed by atoms with van der Waals surface area (Å²) in [5, 5.41) is 0. The topological polar surface area (TPSA) is 90.0 Å². The summed E-state index contributed by atoms with van der Waals surface area (Å²) in [4.78, 5) is 25.9. The number of carbonyl (C=O) groups is 2. The molecule has 2 aromatic rings. The Kier molecular flexibility index (Phi) is 7.85. The minimum Gasteiger partial charge on any atom is -0.465 e. The number of nitrogens with zero attached hydrogens (tertiary/aromatic N) is 1. The van der Waals surface area contributed by atoms with Gasteiger partial charge in [-0.1, -0.05) is 18.2 Å². The van der Waals surface area contributed by atoms with Crippen molar-refractivity contribution in [2.24, 2.45) is 0 Å². The molecule has 15 heteroatoms. The van der Waals surface area contributed by atoms with Gasteiger partial charge < -0.3 is 14.4 Å². The number of benzene rings is 2. The summed E-state index contributed by atoms with van der Waals surface area (Å²) in [6, 6.07) is 4.92. The highest BCUT2D eigenvalue weighted by molar-refractivity contribution is 7.92. The summed E-state index contributed by atoms with van der Waals surface area (Å²) in [6.45, 7) is 4.61. The molecule has 1 aliphatic carbocycles. The third kappa shape index (κ3) is 5.12. The molecular weight excluding hydrogens is 611 g/mol. The molecule has 0 bridgehead atoms. The van der Waals surface area contributed by atoms with Gasteiger partial charge in [0.1, 0.15) is 10.3 Å². The van der Waals surface area contributed by atoms with E-state index in [4.69, 9.17) is 4.74 Å². The first-order valence-electron chi connectivity index (χ1n) is 13.0. The predicted octanol–water partition coefficient (Wildman–Crippen LogP) is 6.39. The van der Waals surface area contributed by atoms with Crippen LogP contribution in [0.3, 0.4) is 0 Å². The van der Waals surface area contributed by atoms with Gasteiger partial charge in [-0.15, -0.1) is 0 Å². The van der Waals surface area contributed by atoms with Crippen LogP contribution < -0.4 is 0 Å². The number of amides is 1. The van der Waals surface area contributed by atoms with E-state index in [1.165, 1.54) is 17.0 Å². The fourth-order valence-electron chi connectivity index (χ4n) is 5.87. The number of likely N-dealkylation sites (tertiary alicyclic amines) is 1. The van der Waals surface area contributed by atoms with Crippen LogP contribution in [0.5, 0.6) is 0 Å². The average molecular weight is 640 g/mol. The molecule has 0 N–H and O–H groups in total. The van der Waals surface area contributed by atoms with Crippen LogP contribution >= 0.6 is 0 Å². The third-order valence-electron chi connectivity index (χ3n) is 7.76. The number of alkyl halides is 7. The van der Waals surface area contributed by atoms with Crippen molar-refractivity contribution in [2.45, 2.75) is 79.3 Å². The number of hydrogen-bond donors (Lipinski definition) is 0. The fourth-order valence-corrected chi connectivity index (χ4v) is 8.23. The third-order valence-corrected chi connectivity index (χ3v) is 10.3. The largest absolute Gasteiger partial charge is 0.465 e. The van der Waals surface area contributed by atoms with E-state index in [9.17, 15) is 48.7 Å². The van der Waals surface area contributed by atoms with Gasteiger partial charge in [-0.3, -0.25) is 0 Å². The van der Waals surface area contributed by atoms with Crippen molar-refractivity contribution in [3.05, 3.63) is 64.7 Å². The van der Waals surface area contributed by atoms with E-state index in [2.05, 4.69) is 4.74 Å². The number of rotatable bonds is 4. The van der Waals surface area contributed by atoms with Crippen molar-refractivity contribution >= 4 is 21.9 Å². The second-order valence-electron chi connectivity index (χ2n) is 11.4. The van der Waals surface area contributed by atoms with Crippen LogP contribution in [0.4, 0.5) is 35.5 Å². The molecule has 4 rings (SSSR count). The maximum absolute atomic E-state index is 15.0. The lowest BCUT2D eigenvalue weighted by molar-refractivity contribution is -0.348. The number of halogens is 7. The molecule has 2 atom stereocenters. The Morgan fingerprint density at radius 2 is 1.51 bits per heavy atom. The van der Waals surface area contributed by atoms with Gasteiger partial charge in [0.2, 0.25) is 0 Å². The number of methoxy groups -OCH3 is 1. The Morgan fingerprint density at radius 1 is 0.930 bits per heavy atom. The van der Waals surface area contributed by atoms with Gasteiger partial charge in [-0.2, -0.15) is 26.3 Å². The SMILES string of the molecule is COC(=O)c1ccc(S(=O)(=O)C23CCN(C(=O)OC(C)(C)C)C2CCc2cc(C(F)(C(F)(F)F)C(F)(F)F)ccc23)cc1. The minimum atomic E-state index is -6.36. The van der Waals surface area contributed by atoms with Gasteiger partial charge in [-0.25, -0.2) is 22.4 Å². The first kappa shape index (κ1) is 32.6. The van der Waals surface area contributed by atoms with Crippen molar-refractivity contribution in [2.75, 3.05) is 13.7 Å². The summed E-state index contributed by atoms with van der Waals surface area (Å²) in [7, 11) is -3.46. The molecule has 0 spiro atoms. The van der Waals surface area contributed by atoms with Crippen LogP contribution in [0.1, 0.15) is 60.7 Å². The van der Waals surface area contributed by atoms with E-state index in [-0.39, 0.29) is 53.5 Å². The summed E-state index contributed by atoms with van der Waals surface area (Å²) in [6.07, 6.45) is -14.3. The number of fused-ring (bicyclic) bond motifs is 3. The van der Waals surface area contributed by atoms with Gasteiger partial charge >= 0.3 is 30.1 Å². The van der Waals surface area contributed by atoms with Crippen LogP contribution in [-0.2, 0) is 36.1 Å². The lowest BCUT2D eigenvalue weighted by atomic mass is 9.77. The van der Waals surface area contributed by atoms with Gasteiger partial charge in [0.15, 0.2) is 9.84 Å².